The molecule has 0 saturated heterocycles. The normalized spacial score (nSPS) is 14.9. The topological polar surface area (TPSA) is 32.5 Å². The fraction of sp³-hybridized carbons (Fsp3) is 0.273. The van der Waals surface area contributed by atoms with E-state index in [2.05, 4.69) is 34.6 Å². The van der Waals surface area contributed by atoms with E-state index in [1.807, 2.05) is 14.1 Å². The molecule has 3 nitrogen and oxygen atoms in total. The minimum Gasteiger partial charge on any atom is -0.330 e. The monoisotopic (exact) mass is 189 g/mol. The Hall–Kier alpha value is -1.48. The van der Waals surface area contributed by atoms with Gasteiger partial charge in [0, 0.05) is 20.6 Å². The van der Waals surface area contributed by atoms with Gasteiger partial charge in [0.05, 0.1) is 11.4 Å². The summed E-state index contributed by atoms with van der Waals surface area (Å²) in [7, 11) is 4.04. The second kappa shape index (κ2) is 3.03. The van der Waals surface area contributed by atoms with Crippen molar-refractivity contribution >= 4 is 11.4 Å². The quantitative estimate of drug-likeness (QED) is 0.726. The van der Waals surface area contributed by atoms with Crippen LogP contribution in [0.15, 0.2) is 30.6 Å². The maximum atomic E-state index is 5.60. The van der Waals surface area contributed by atoms with E-state index in [0.29, 0.717) is 6.54 Å². The molecular formula is C11H15N3. The summed E-state index contributed by atoms with van der Waals surface area (Å²) in [6.45, 7) is 4.59. The number of hydrogen-bond acceptors (Lipinski definition) is 3. The lowest BCUT2D eigenvalue weighted by Gasteiger charge is -2.15. The summed E-state index contributed by atoms with van der Waals surface area (Å²) >= 11 is 0. The van der Waals surface area contributed by atoms with Crippen LogP contribution in [0.1, 0.15) is 5.56 Å². The van der Waals surface area contributed by atoms with E-state index >= 15 is 0 Å². The van der Waals surface area contributed by atoms with Gasteiger partial charge in [0.2, 0.25) is 0 Å². The Labute approximate surface area is 84.4 Å². The van der Waals surface area contributed by atoms with Gasteiger partial charge >= 0.3 is 0 Å². The van der Waals surface area contributed by atoms with Gasteiger partial charge in [0.1, 0.15) is 5.82 Å². The Balaban J connectivity index is 2.53. The predicted octanol–water partition coefficient (Wildman–Crippen LogP) is 1.50. The summed E-state index contributed by atoms with van der Waals surface area (Å²) in [5.74, 6) is 0.995. The van der Waals surface area contributed by atoms with Crippen LogP contribution in [-0.2, 0) is 6.54 Å². The summed E-state index contributed by atoms with van der Waals surface area (Å²) in [5.41, 5.74) is 9.13. The van der Waals surface area contributed by atoms with Crippen molar-refractivity contribution in [1.82, 2.24) is 0 Å². The number of nitrogens with zero attached hydrogens (tertiary/aromatic N) is 2. The first kappa shape index (κ1) is 9.09. The zero-order valence-electron chi connectivity index (χ0n) is 8.62. The Kier molecular flexibility index (Phi) is 1.97. The molecule has 1 aromatic rings. The SMILES string of the molecule is C=C1N(C)c2ccc(CN)cc2N1C. The molecule has 1 aliphatic rings. The summed E-state index contributed by atoms with van der Waals surface area (Å²) in [5, 5.41) is 0. The molecule has 2 rings (SSSR count). The molecule has 2 N–H and O–H groups in total. The molecule has 0 fully saturated rings. The van der Waals surface area contributed by atoms with Gasteiger partial charge in [-0.25, -0.2) is 0 Å². The lowest BCUT2D eigenvalue weighted by molar-refractivity contribution is 1.05. The molecule has 74 valence electrons. The first-order chi connectivity index (χ1) is 6.65. The van der Waals surface area contributed by atoms with E-state index in [-0.39, 0.29) is 0 Å². The molecule has 0 atom stereocenters. The van der Waals surface area contributed by atoms with Crippen LogP contribution in [0.5, 0.6) is 0 Å². The number of anilines is 2. The van der Waals surface area contributed by atoms with E-state index < -0.39 is 0 Å². The summed E-state index contributed by atoms with van der Waals surface area (Å²) in [6.07, 6.45) is 0. The van der Waals surface area contributed by atoms with Gasteiger partial charge in [-0.2, -0.15) is 0 Å². The highest BCUT2D eigenvalue weighted by molar-refractivity contribution is 5.81. The highest BCUT2D eigenvalue weighted by atomic mass is 15.4. The number of fused-ring (bicyclic) bond motifs is 1. The van der Waals surface area contributed by atoms with Crippen LogP contribution >= 0.6 is 0 Å². The van der Waals surface area contributed by atoms with Crippen LogP contribution in [-0.4, -0.2) is 14.1 Å². The predicted molar refractivity (Wildman–Crippen MR) is 60.3 cm³/mol. The van der Waals surface area contributed by atoms with Crippen molar-refractivity contribution in [2.75, 3.05) is 23.9 Å². The van der Waals surface area contributed by atoms with Gasteiger partial charge in [-0.15, -0.1) is 0 Å². The van der Waals surface area contributed by atoms with Crippen LogP contribution in [0, 0.1) is 0 Å². The fourth-order valence-electron chi connectivity index (χ4n) is 1.75. The first-order valence-electron chi connectivity index (χ1n) is 4.64. The standard InChI is InChI=1S/C11H15N3/c1-8-13(2)10-5-4-9(7-12)6-11(10)14(8)3/h4-6H,1,7,12H2,2-3H3. The maximum Gasteiger partial charge on any atom is 0.105 e. The minimum absolute atomic E-state index is 0.581. The van der Waals surface area contributed by atoms with Crippen LogP contribution < -0.4 is 15.5 Å². The molecule has 1 aliphatic heterocycles. The third-order valence-electron chi connectivity index (χ3n) is 2.77. The molecule has 1 heterocycles. The average molecular weight is 189 g/mol. The molecule has 0 aromatic heterocycles. The Morgan fingerprint density at radius 3 is 2.50 bits per heavy atom. The Morgan fingerprint density at radius 1 is 1.21 bits per heavy atom. The van der Waals surface area contributed by atoms with Crippen LogP contribution in [0.4, 0.5) is 11.4 Å². The van der Waals surface area contributed by atoms with Gasteiger partial charge in [-0.1, -0.05) is 12.6 Å². The molecule has 0 amide bonds. The van der Waals surface area contributed by atoms with Crippen molar-refractivity contribution in [3.05, 3.63) is 36.2 Å². The minimum atomic E-state index is 0.581. The van der Waals surface area contributed by atoms with Gasteiger partial charge in [0.15, 0.2) is 0 Å². The highest BCUT2D eigenvalue weighted by Crippen LogP contribution is 2.39. The van der Waals surface area contributed by atoms with Gasteiger partial charge in [0.25, 0.3) is 0 Å². The average Bonchev–Trinajstić information content (AvgIpc) is 2.44. The van der Waals surface area contributed by atoms with Crippen molar-refractivity contribution in [2.24, 2.45) is 5.73 Å². The van der Waals surface area contributed by atoms with Gasteiger partial charge < -0.3 is 15.5 Å². The first-order valence-corrected chi connectivity index (χ1v) is 4.64. The van der Waals surface area contributed by atoms with Crippen molar-refractivity contribution in [1.29, 1.82) is 0 Å². The summed E-state index contributed by atoms with van der Waals surface area (Å²) in [6, 6.07) is 6.26. The van der Waals surface area contributed by atoms with E-state index in [0.717, 1.165) is 11.4 Å². The Bertz CT molecular complexity index is 384. The number of hydrogen-bond donors (Lipinski definition) is 1. The third kappa shape index (κ3) is 1.09. The highest BCUT2D eigenvalue weighted by Gasteiger charge is 2.23. The molecule has 0 unspecified atom stereocenters. The third-order valence-corrected chi connectivity index (χ3v) is 2.77. The number of rotatable bonds is 1. The molecule has 14 heavy (non-hydrogen) atoms. The van der Waals surface area contributed by atoms with Crippen molar-refractivity contribution in [3.8, 4) is 0 Å². The molecular weight excluding hydrogens is 174 g/mol. The zero-order chi connectivity index (χ0) is 10.3. The van der Waals surface area contributed by atoms with E-state index in [4.69, 9.17) is 5.73 Å². The van der Waals surface area contributed by atoms with E-state index in [1.165, 1.54) is 11.4 Å². The fourth-order valence-corrected chi connectivity index (χ4v) is 1.75. The molecule has 0 spiro atoms. The van der Waals surface area contributed by atoms with Crippen molar-refractivity contribution in [3.63, 3.8) is 0 Å². The van der Waals surface area contributed by atoms with E-state index in [9.17, 15) is 0 Å². The molecule has 0 bridgehead atoms. The lowest BCUT2D eigenvalue weighted by Crippen LogP contribution is -2.20. The number of benzene rings is 1. The summed E-state index contributed by atoms with van der Waals surface area (Å²) in [4.78, 5) is 4.16. The van der Waals surface area contributed by atoms with Crippen LogP contribution in [0.2, 0.25) is 0 Å². The molecule has 0 radical (unpaired) electrons. The molecule has 0 aliphatic carbocycles. The van der Waals surface area contributed by atoms with Crippen LogP contribution in [0.3, 0.4) is 0 Å². The van der Waals surface area contributed by atoms with Gasteiger partial charge in [-0.3, -0.25) is 0 Å². The Morgan fingerprint density at radius 2 is 1.86 bits per heavy atom. The smallest absolute Gasteiger partial charge is 0.105 e. The largest absolute Gasteiger partial charge is 0.330 e. The van der Waals surface area contributed by atoms with Crippen molar-refractivity contribution in [2.45, 2.75) is 6.54 Å². The number of nitrogens with two attached hydrogens (primary N) is 1. The van der Waals surface area contributed by atoms with Crippen molar-refractivity contribution < 1.29 is 0 Å². The lowest BCUT2D eigenvalue weighted by atomic mass is 10.1. The second-order valence-electron chi connectivity index (χ2n) is 3.56. The summed E-state index contributed by atoms with van der Waals surface area (Å²) < 4.78 is 0. The maximum absolute atomic E-state index is 5.60. The zero-order valence-corrected chi connectivity index (χ0v) is 8.62. The van der Waals surface area contributed by atoms with Crippen LogP contribution in [0.25, 0.3) is 0 Å². The molecule has 1 aromatic carbocycles. The molecule has 3 heteroatoms. The van der Waals surface area contributed by atoms with E-state index in [1.54, 1.807) is 0 Å². The van der Waals surface area contributed by atoms with Gasteiger partial charge in [-0.05, 0) is 17.7 Å². The second-order valence-corrected chi connectivity index (χ2v) is 3.56. The molecule has 0 saturated carbocycles.